The molecule has 45 heavy (non-hydrogen) atoms. The first-order valence-electron chi connectivity index (χ1n) is 15.4. The molecule has 0 aromatic rings. The molecule has 0 aliphatic carbocycles. The van der Waals surface area contributed by atoms with Gasteiger partial charge in [-0.05, 0) is 51.6 Å². The number of nitrogens with two attached hydrogens (primary N) is 4. The van der Waals surface area contributed by atoms with Crippen LogP contribution in [0.3, 0.4) is 0 Å². The summed E-state index contributed by atoms with van der Waals surface area (Å²) in [5.41, 5.74) is 22.5. The highest BCUT2D eigenvalue weighted by molar-refractivity contribution is 8.77. The average Bonchev–Trinajstić information content (AvgIpc) is 3.02. The predicted octanol–water partition coefficient (Wildman–Crippen LogP) is -0.588. The van der Waals surface area contributed by atoms with Crippen LogP contribution in [-0.2, 0) is 24.0 Å². The number of carbonyl (C=O) groups is 5. The lowest BCUT2D eigenvalue weighted by molar-refractivity contribution is -0.129. The largest absolute Gasteiger partial charge is 0.355 e. The Bertz CT molecular complexity index is 848. The van der Waals surface area contributed by atoms with E-state index in [4.69, 9.17) is 22.9 Å². The van der Waals surface area contributed by atoms with E-state index in [0.29, 0.717) is 101 Å². The summed E-state index contributed by atoms with van der Waals surface area (Å²) in [4.78, 5) is 61.0. The standard InChI is InChI=1S/C27H55N9O5S4/c1-2-5-24(38)36-22(27(41)35-15-19-45-44-18-14-34-26(40)21(31)7-4-11-29)8-9-23(37)32-12-16-42-43-17-13-33-25(39)20(30)6-3-10-28/h20-22H,2-19,28-31H2,1H3,(H,32,37)(H,33,39)(H,34,40)(H,35,41)(H,36,38). The van der Waals surface area contributed by atoms with Crippen LogP contribution in [-0.4, -0.2) is 110 Å². The van der Waals surface area contributed by atoms with Crippen LogP contribution in [0.2, 0.25) is 0 Å². The Morgan fingerprint density at radius 1 is 0.578 bits per heavy atom. The monoisotopic (exact) mass is 713 g/mol. The predicted molar refractivity (Wildman–Crippen MR) is 190 cm³/mol. The van der Waals surface area contributed by atoms with E-state index in [-0.39, 0.29) is 42.4 Å². The van der Waals surface area contributed by atoms with Crippen LogP contribution in [0, 0.1) is 0 Å². The molecule has 0 fully saturated rings. The van der Waals surface area contributed by atoms with Crippen molar-refractivity contribution in [2.75, 3.05) is 62.3 Å². The van der Waals surface area contributed by atoms with Crippen molar-refractivity contribution in [1.82, 2.24) is 26.6 Å². The van der Waals surface area contributed by atoms with Gasteiger partial charge in [-0.15, -0.1) is 0 Å². The van der Waals surface area contributed by atoms with E-state index in [9.17, 15) is 24.0 Å². The lowest BCUT2D eigenvalue weighted by atomic mass is 10.1. The summed E-state index contributed by atoms with van der Waals surface area (Å²) in [7, 11) is 6.31. The van der Waals surface area contributed by atoms with E-state index < -0.39 is 18.1 Å². The van der Waals surface area contributed by atoms with Crippen LogP contribution in [0.25, 0.3) is 0 Å². The maximum Gasteiger partial charge on any atom is 0.242 e. The van der Waals surface area contributed by atoms with Gasteiger partial charge in [0.1, 0.15) is 6.04 Å². The summed E-state index contributed by atoms with van der Waals surface area (Å²) >= 11 is 0. The van der Waals surface area contributed by atoms with E-state index in [2.05, 4.69) is 26.6 Å². The summed E-state index contributed by atoms with van der Waals surface area (Å²) in [5, 5.41) is 14.0. The summed E-state index contributed by atoms with van der Waals surface area (Å²) in [6.45, 7) is 4.76. The van der Waals surface area contributed by atoms with Gasteiger partial charge in [-0.1, -0.05) is 50.1 Å². The van der Waals surface area contributed by atoms with Gasteiger partial charge < -0.3 is 49.5 Å². The molecule has 14 nitrogen and oxygen atoms in total. The van der Waals surface area contributed by atoms with Crippen LogP contribution >= 0.6 is 43.2 Å². The second-order valence-corrected chi connectivity index (χ2v) is 15.4. The third-order valence-electron chi connectivity index (χ3n) is 6.03. The SMILES string of the molecule is CCCC(=O)NC(CCC(=O)NCCSSCCNC(=O)C(N)CCCN)C(=O)NCCSSCCNC(=O)C(N)CCCN. The first-order valence-corrected chi connectivity index (χ1v) is 20.4. The molecule has 0 spiro atoms. The molecule has 5 amide bonds. The molecular weight excluding hydrogens is 659 g/mol. The summed E-state index contributed by atoms with van der Waals surface area (Å²) in [5.74, 6) is 1.63. The molecule has 0 bridgehead atoms. The minimum absolute atomic E-state index is 0.102. The maximum absolute atomic E-state index is 12.8. The van der Waals surface area contributed by atoms with Crippen molar-refractivity contribution in [2.24, 2.45) is 22.9 Å². The molecule has 262 valence electrons. The number of hydrogen-bond donors (Lipinski definition) is 9. The molecule has 13 N–H and O–H groups in total. The van der Waals surface area contributed by atoms with Crippen LogP contribution in [0.1, 0.15) is 58.3 Å². The van der Waals surface area contributed by atoms with Gasteiger partial charge in [-0.25, -0.2) is 0 Å². The topological polar surface area (TPSA) is 250 Å². The van der Waals surface area contributed by atoms with Crippen LogP contribution in [0.5, 0.6) is 0 Å². The smallest absolute Gasteiger partial charge is 0.242 e. The molecular formula is C27H55N9O5S4. The number of carbonyl (C=O) groups excluding carboxylic acids is 5. The molecule has 3 atom stereocenters. The van der Waals surface area contributed by atoms with Gasteiger partial charge in [-0.3, -0.25) is 24.0 Å². The van der Waals surface area contributed by atoms with Crippen molar-refractivity contribution in [1.29, 1.82) is 0 Å². The number of nitrogens with one attached hydrogen (secondary N) is 5. The highest BCUT2D eigenvalue weighted by Crippen LogP contribution is 2.20. The van der Waals surface area contributed by atoms with Gasteiger partial charge in [0.2, 0.25) is 29.5 Å². The fourth-order valence-corrected chi connectivity index (χ4v) is 7.19. The highest BCUT2D eigenvalue weighted by Gasteiger charge is 2.21. The van der Waals surface area contributed by atoms with Crippen molar-refractivity contribution in [3.63, 3.8) is 0 Å². The first-order chi connectivity index (χ1) is 21.7. The molecule has 0 aromatic heterocycles. The molecule has 0 rings (SSSR count). The summed E-state index contributed by atoms with van der Waals surface area (Å²) in [6, 6.07) is -1.88. The second-order valence-electron chi connectivity index (χ2n) is 9.99. The summed E-state index contributed by atoms with van der Waals surface area (Å²) in [6.07, 6.45) is 3.79. The summed E-state index contributed by atoms with van der Waals surface area (Å²) < 4.78 is 0. The Balaban J connectivity index is 4.18. The molecule has 0 aliphatic rings. The fraction of sp³-hybridized carbons (Fsp3) is 0.815. The van der Waals surface area contributed by atoms with E-state index in [1.54, 1.807) is 43.2 Å². The van der Waals surface area contributed by atoms with Gasteiger partial charge in [0.05, 0.1) is 12.1 Å². The molecule has 3 unspecified atom stereocenters. The number of hydrogen-bond acceptors (Lipinski definition) is 13. The lowest BCUT2D eigenvalue weighted by Gasteiger charge is -2.18. The minimum Gasteiger partial charge on any atom is -0.355 e. The molecule has 0 saturated carbocycles. The van der Waals surface area contributed by atoms with Gasteiger partial charge in [0, 0.05) is 62.0 Å². The Morgan fingerprint density at radius 2 is 1.00 bits per heavy atom. The Morgan fingerprint density at radius 3 is 1.42 bits per heavy atom. The maximum atomic E-state index is 12.8. The molecule has 0 aliphatic heterocycles. The normalized spacial score (nSPS) is 12.9. The Hall–Kier alpha value is -1.41. The Kier molecular flexibility index (Phi) is 29.0. The zero-order valence-electron chi connectivity index (χ0n) is 26.4. The van der Waals surface area contributed by atoms with Crippen molar-refractivity contribution in [2.45, 2.75) is 76.4 Å². The average molecular weight is 714 g/mol. The van der Waals surface area contributed by atoms with Gasteiger partial charge >= 0.3 is 0 Å². The van der Waals surface area contributed by atoms with Crippen LogP contribution < -0.4 is 49.5 Å². The lowest BCUT2D eigenvalue weighted by Crippen LogP contribution is -2.47. The third kappa shape index (κ3) is 25.4. The van der Waals surface area contributed by atoms with Crippen molar-refractivity contribution in [3.05, 3.63) is 0 Å². The third-order valence-corrected chi connectivity index (χ3v) is 10.8. The fourth-order valence-electron chi connectivity index (χ4n) is 3.56. The molecule has 0 saturated heterocycles. The van der Waals surface area contributed by atoms with E-state index in [1.807, 2.05) is 6.92 Å². The molecule has 18 heteroatoms. The van der Waals surface area contributed by atoms with E-state index >= 15 is 0 Å². The van der Waals surface area contributed by atoms with Crippen molar-refractivity contribution >= 4 is 72.7 Å². The molecule has 0 radical (unpaired) electrons. The zero-order valence-corrected chi connectivity index (χ0v) is 29.7. The van der Waals surface area contributed by atoms with Crippen molar-refractivity contribution < 1.29 is 24.0 Å². The van der Waals surface area contributed by atoms with E-state index in [0.717, 1.165) is 0 Å². The van der Waals surface area contributed by atoms with Crippen molar-refractivity contribution in [3.8, 4) is 0 Å². The Labute approximate surface area is 283 Å². The van der Waals surface area contributed by atoms with E-state index in [1.165, 1.54) is 0 Å². The molecule has 0 heterocycles. The van der Waals surface area contributed by atoms with Gasteiger partial charge in [-0.2, -0.15) is 0 Å². The van der Waals surface area contributed by atoms with Gasteiger partial charge in [0.15, 0.2) is 0 Å². The van der Waals surface area contributed by atoms with Crippen LogP contribution in [0.15, 0.2) is 0 Å². The zero-order chi connectivity index (χ0) is 33.7. The minimum atomic E-state index is -0.797. The van der Waals surface area contributed by atoms with Gasteiger partial charge in [0.25, 0.3) is 0 Å². The number of rotatable bonds is 29. The molecule has 0 aromatic carbocycles. The second kappa shape index (κ2) is 30.0. The quantitative estimate of drug-likeness (QED) is 0.0348. The number of amides is 5. The van der Waals surface area contributed by atoms with Crippen LogP contribution in [0.4, 0.5) is 0 Å². The first kappa shape index (κ1) is 43.6. The highest BCUT2D eigenvalue weighted by atomic mass is 33.1.